The molecule has 0 saturated carbocycles. The summed E-state index contributed by atoms with van der Waals surface area (Å²) in [4.78, 5) is 20.7. The van der Waals surface area contributed by atoms with Gasteiger partial charge in [0.25, 0.3) is 0 Å². The highest BCUT2D eigenvalue weighted by Crippen LogP contribution is 2.07. The summed E-state index contributed by atoms with van der Waals surface area (Å²) in [5.74, 6) is -0.497. The molecule has 2 rings (SSSR count). The molecular weight excluding hydrogens is 194 g/mol. The summed E-state index contributed by atoms with van der Waals surface area (Å²) in [6.45, 7) is 6.11. The average molecular weight is 209 g/mol. The molecule has 2 aromatic heterocycles. The van der Waals surface area contributed by atoms with Gasteiger partial charge in [0.1, 0.15) is 6.33 Å². The van der Waals surface area contributed by atoms with Crippen LogP contribution in [0, 0.1) is 6.92 Å². The van der Waals surface area contributed by atoms with Gasteiger partial charge in [-0.05, 0) is 6.92 Å². The first-order valence-corrected chi connectivity index (χ1v) is 4.99. The Bertz CT molecular complexity index is 471. The minimum Gasteiger partial charge on any atom is -0.404 e. The Kier molecular flexibility index (Phi) is 4.03. The normalized spacial score (nSPS) is 9.80. The highest BCUT2D eigenvalue weighted by molar-refractivity contribution is 5.68. The molecule has 0 unspecified atom stereocenters. The Labute approximate surface area is 87.6 Å². The maximum absolute atomic E-state index is 10.7. The third-order valence-electron chi connectivity index (χ3n) is 1.90. The highest BCUT2D eigenvalue weighted by Gasteiger charge is 2.03. The van der Waals surface area contributed by atoms with E-state index in [9.17, 15) is 4.79 Å². The third kappa shape index (κ3) is 2.90. The van der Waals surface area contributed by atoms with Gasteiger partial charge in [0.2, 0.25) is 0 Å². The zero-order valence-electron chi connectivity index (χ0n) is 9.20. The van der Waals surface area contributed by atoms with Crippen molar-refractivity contribution in [3.05, 3.63) is 22.6 Å². The van der Waals surface area contributed by atoms with Crippen molar-refractivity contribution in [2.45, 2.75) is 33.6 Å². The number of rotatable bonds is 1. The number of nitrogens with one attached hydrogen (secondary N) is 1. The quantitative estimate of drug-likeness (QED) is 0.779. The first-order chi connectivity index (χ1) is 7.19. The number of oxazole rings is 1. The largest absolute Gasteiger partial charge is 0.418 e. The van der Waals surface area contributed by atoms with Gasteiger partial charge in [0.05, 0.1) is 5.69 Å². The van der Waals surface area contributed by atoms with E-state index in [0.29, 0.717) is 16.9 Å². The Hall–Kier alpha value is -1.65. The van der Waals surface area contributed by atoms with Crippen molar-refractivity contribution in [2.24, 2.45) is 0 Å². The van der Waals surface area contributed by atoms with Crippen LogP contribution in [0.4, 0.5) is 0 Å². The minimum atomic E-state index is -0.497. The van der Waals surface area contributed by atoms with Crippen molar-refractivity contribution in [1.29, 1.82) is 0 Å². The smallest absolute Gasteiger partial charge is 0.404 e. The molecule has 2 aromatic rings. The van der Waals surface area contributed by atoms with Gasteiger partial charge in [0, 0.05) is 0 Å². The van der Waals surface area contributed by atoms with Crippen LogP contribution in [0.15, 0.2) is 15.5 Å². The lowest BCUT2D eigenvalue weighted by Crippen LogP contribution is -1.93. The van der Waals surface area contributed by atoms with Gasteiger partial charge in [-0.3, -0.25) is 4.98 Å². The molecule has 0 bridgehead atoms. The van der Waals surface area contributed by atoms with Gasteiger partial charge >= 0.3 is 5.76 Å². The lowest BCUT2D eigenvalue weighted by Gasteiger charge is -1.87. The average Bonchev–Trinajstić information content (AvgIpc) is 2.61. The fraction of sp³-hybridized carbons (Fsp3) is 0.500. The van der Waals surface area contributed by atoms with Crippen LogP contribution in [0.3, 0.4) is 0 Å². The number of H-pyrrole nitrogens is 1. The lowest BCUT2D eigenvalue weighted by atomic mass is 10.4. The monoisotopic (exact) mass is 209 g/mol. The molecule has 0 saturated heterocycles. The zero-order valence-corrected chi connectivity index (χ0v) is 9.20. The van der Waals surface area contributed by atoms with Crippen LogP contribution in [-0.4, -0.2) is 15.0 Å². The summed E-state index contributed by atoms with van der Waals surface area (Å²) in [6.07, 6.45) is 4.02. The second-order valence-corrected chi connectivity index (χ2v) is 3.15. The fourth-order valence-electron chi connectivity index (χ4n) is 0.888. The maximum Gasteiger partial charge on any atom is 0.418 e. The summed E-state index contributed by atoms with van der Waals surface area (Å²) in [7, 11) is 0. The van der Waals surface area contributed by atoms with Gasteiger partial charge in [-0.15, -0.1) is 0 Å². The van der Waals surface area contributed by atoms with E-state index in [2.05, 4.69) is 28.8 Å². The molecule has 0 atom stereocenters. The van der Waals surface area contributed by atoms with Gasteiger partial charge < -0.3 is 4.42 Å². The first kappa shape index (κ1) is 11.4. The van der Waals surface area contributed by atoms with E-state index in [4.69, 9.17) is 4.42 Å². The second kappa shape index (κ2) is 5.29. The molecule has 0 aromatic carbocycles. The molecule has 0 spiro atoms. The Morgan fingerprint density at radius 3 is 2.53 bits per heavy atom. The van der Waals surface area contributed by atoms with E-state index in [0.717, 1.165) is 0 Å². The molecule has 5 nitrogen and oxygen atoms in total. The predicted octanol–water partition coefficient (Wildman–Crippen LogP) is 2.03. The second-order valence-electron chi connectivity index (χ2n) is 3.15. The molecular formula is C10H15N3O2. The predicted molar refractivity (Wildman–Crippen MR) is 57.7 cm³/mol. The number of aryl methyl sites for hydroxylation is 1. The van der Waals surface area contributed by atoms with Crippen LogP contribution in [0.1, 0.15) is 32.4 Å². The number of hydrogen-bond acceptors (Lipinski definition) is 4. The van der Waals surface area contributed by atoms with Gasteiger partial charge in [-0.25, -0.2) is 14.8 Å². The van der Waals surface area contributed by atoms with E-state index in [1.807, 2.05) is 0 Å². The molecule has 2 heterocycles. The molecule has 15 heavy (non-hydrogen) atoms. The molecule has 0 aliphatic rings. The number of unbranched alkanes of at least 4 members (excludes halogenated alkanes) is 1. The van der Waals surface area contributed by atoms with Crippen molar-refractivity contribution in [2.75, 3.05) is 0 Å². The van der Waals surface area contributed by atoms with E-state index >= 15 is 0 Å². The van der Waals surface area contributed by atoms with Crippen LogP contribution in [0.25, 0.3) is 11.2 Å². The standard InChI is InChI=1S/C6H5N3O2.C4H10/c1-3-4-5(8-2-7-3)9-6(10)11-4;1-3-4-2/h2H,1H3,(H,7,8,9,10);3-4H2,1-2H3. The molecule has 0 aliphatic heterocycles. The molecule has 0 aliphatic carbocycles. The van der Waals surface area contributed by atoms with Crippen molar-refractivity contribution in [1.82, 2.24) is 15.0 Å². The van der Waals surface area contributed by atoms with Crippen molar-refractivity contribution >= 4 is 11.2 Å². The topological polar surface area (TPSA) is 71.8 Å². The lowest BCUT2D eigenvalue weighted by molar-refractivity contribution is 0.552. The van der Waals surface area contributed by atoms with Crippen molar-refractivity contribution in [3.8, 4) is 0 Å². The highest BCUT2D eigenvalue weighted by atomic mass is 16.4. The fourth-order valence-corrected chi connectivity index (χ4v) is 0.888. The van der Waals surface area contributed by atoms with Crippen LogP contribution >= 0.6 is 0 Å². The Balaban J connectivity index is 0.000000245. The number of fused-ring (bicyclic) bond motifs is 1. The number of aromatic amines is 1. The maximum atomic E-state index is 10.7. The Morgan fingerprint density at radius 1 is 1.33 bits per heavy atom. The van der Waals surface area contributed by atoms with Crippen LogP contribution < -0.4 is 5.76 Å². The van der Waals surface area contributed by atoms with E-state index < -0.39 is 5.76 Å². The number of aromatic nitrogens is 3. The first-order valence-electron chi connectivity index (χ1n) is 4.99. The molecule has 0 fully saturated rings. The van der Waals surface area contributed by atoms with Crippen LogP contribution in [-0.2, 0) is 0 Å². The molecule has 1 N–H and O–H groups in total. The summed E-state index contributed by atoms with van der Waals surface area (Å²) in [5, 5.41) is 0. The Morgan fingerprint density at radius 2 is 2.00 bits per heavy atom. The summed E-state index contributed by atoms with van der Waals surface area (Å²) in [5.41, 5.74) is 1.54. The minimum absolute atomic E-state index is 0.428. The SMILES string of the molecule is CCCC.Cc1ncnc2[nH]c(=O)oc12. The van der Waals surface area contributed by atoms with Gasteiger partial charge in [-0.1, -0.05) is 26.7 Å². The molecule has 82 valence electrons. The summed E-state index contributed by atoms with van der Waals surface area (Å²) in [6, 6.07) is 0. The number of hydrogen-bond donors (Lipinski definition) is 1. The van der Waals surface area contributed by atoms with E-state index in [1.54, 1.807) is 6.92 Å². The molecule has 0 radical (unpaired) electrons. The van der Waals surface area contributed by atoms with E-state index in [-0.39, 0.29) is 0 Å². The van der Waals surface area contributed by atoms with Crippen LogP contribution in [0.2, 0.25) is 0 Å². The zero-order chi connectivity index (χ0) is 11.3. The molecule has 0 amide bonds. The summed E-state index contributed by atoms with van der Waals surface area (Å²) < 4.78 is 4.76. The number of nitrogens with zero attached hydrogens (tertiary/aromatic N) is 2. The van der Waals surface area contributed by atoms with Crippen molar-refractivity contribution in [3.63, 3.8) is 0 Å². The van der Waals surface area contributed by atoms with Crippen LogP contribution in [0.5, 0.6) is 0 Å². The third-order valence-corrected chi connectivity index (χ3v) is 1.90. The molecule has 5 heteroatoms. The van der Waals surface area contributed by atoms with Gasteiger partial charge in [0.15, 0.2) is 11.2 Å². The van der Waals surface area contributed by atoms with Gasteiger partial charge in [-0.2, -0.15) is 0 Å². The summed E-state index contributed by atoms with van der Waals surface area (Å²) >= 11 is 0. The van der Waals surface area contributed by atoms with E-state index in [1.165, 1.54) is 19.2 Å². The van der Waals surface area contributed by atoms with Crippen molar-refractivity contribution < 1.29 is 4.42 Å².